The van der Waals surface area contributed by atoms with Gasteiger partial charge in [-0.2, -0.15) is 0 Å². The SMILES string of the molecule is CC(F)(P)C(=O)O. The summed E-state index contributed by atoms with van der Waals surface area (Å²) in [4.78, 5) is 9.62. The molecule has 0 spiro atoms. The minimum Gasteiger partial charge on any atom is -0.479 e. The number of carboxylic acid groups (broad SMARTS) is 1. The molecule has 2 nitrogen and oxygen atoms in total. The van der Waals surface area contributed by atoms with Crippen LogP contribution in [0.5, 0.6) is 0 Å². The van der Waals surface area contributed by atoms with E-state index in [-0.39, 0.29) is 0 Å². The maximum absolute atomic E-state index is 11.9. The summed E-state index contributed by atoms with van der Waals surface area (Å²) in [6.45, 7) is 0.958. The van der Waals surface area contributed by atoms with E-state index in [1.807, 2.05) is 0 Å². The largest absolute Gasteiger partial charge is 0.479 e. The van der Waals surface area contributed by atoms with Crippen LogP contribution in [0.3, 0.4) is 0 Å². The van der Waals surface area contributed by atoms with Gasteiger partial charge >= 0.3 is 5.97 Å². The summed E-state index contributed by atoms with van der Waals surface area (Å²) in [5, 5.41) is 5.69. The highest BCUT2D eigenvalue weighted by atomic mass is 31.0. The first-order chi connectivity index (χ1) is 2.94. The van der Waals surface area contributed by atoms with Gasteiger partial charge in [-0.1, -0.05) is 9.24 Å². The number of rotatable bonds is 1. The number of hydrogen-bond donors (Lipinski definition) is 1. The molecule has 1 N–H and O–H groups in total. The molecule has 0 aromatic rings. The predicted octanol–water partition coefficient (Wildman–Crippen LogP) is 0.632. The van der Waals surface area contributed by atoms with Gasteiger partial charge in [-0.05, 0) is 6.92 Å². The first-order valence-electron chi connectivity index (χ1n) is 1.66. The minimum absolute atomic E-state index is 0.958. The van der Waals surface area contributed by atoms with E-state index in [1.165, 1.54) is 0 Å². The second-order valence-corrected chi connectivity index (χ2v) is 2.46. The Bertz CT molecular complexity index is 85.4. The molecule has 0 aliphatic carbocycles. The topological polar surface area (TPSA) is 37.3 Å². The molecule has 0 bridgehead atoms. The van der Waals surface area contributed by atoms with E-state index in [1.54, 1.807) is 9.24 Å². The Morgan fingerprint density at radius 3 is 2.14 bits per heavy atom. The lowest BCUT2D eigenvalue weighted by Crippen LogP contribution is -2.20. The van der Waals surface area contributed by atoms with Gasteiger partial charge in [0.15, 0.2) is 0 Å². The van der Waals surface area contributed by atoms with Crippen molar-refractivity contribution in [3.63, 3.8) is 0 Å². The zero-order valence-corrected chi connectivity index (χ0v) is 4.97. The Kier molecular flexibility index (Phi) is 1.70. The van der Waals surface area contributed by atoms with E-state index in [0.29, 0.717) is 0 Å². The fourth-order valence-electron chi connectivity index (χ4n) is 0. The molecule has 0 aliphatic heterocycles. The average Bonchev–Trinajstić information content (AvgIpc) is 1.31. The first kappa shape index (κ1) is 6.83. The molecule has 0 aliphatic rings. The van der Waals surface area contributed by atoms with Crippen LogP contribution >= 0.6 is 9.24 Å². The van der Waals surface area contributed by atoms with Gasteiger partial charge in [0.1, 0.15) is 0 Å². The van der Waals surface area contributed by atoms with Crippen molar-refractivity contribution in [3.8, 4) is 0 Å². The molecule has 2 atom stereocenters. The predicted molar refractivity (Wildman–Crippen MR) is 26.9 cm³/mol. The number of carboxylic acids is 1. The number of aliphatic carboxylic acids is 1. The molecule has 42 valence electrons. The Labute approximate surface area is 42.9 Å². The van der Waals surface area contributed by atoms with E-state index in [9.17, 15) is 9.18 Å². The average molecular weight is 124 g/mol. The van der Waals surface area contributed by atoms with Crippen LogP contribution in [0.1, 0.15) is 6.92 Å². The Hall–Kier alpha value is -0.170. The highest BCUT2D eigenvalue weighted by Crippen LogP contribution is 2.17. The fraction of sp³-hybridized carbons (Fsp3) is 0.667. The Balaban J connectivity index is 3.79. The number of halogens is 1. The number of carbonyl (C=O) groups is 1. The van der Waals surface area contributed by atoms with Crippen molar-refractivity contribution in [1.29, 1.82) is 0 Å². The molecule has 7 heavy (non-hydrogen) atoms. The minimum atomic E-state index is -2.17. The molecule has 0 amide bonds. The van der Waals surface area contributed by atoms with Gasteiger partial charge in [-0.15, -0.1) is 0 Å². The van der Waals surface area contributed by atoms with Crippen LogP contribution in [0.4, 0.5) is 4.39 Å². The van der Waals surface area contributed by atoms with E-state index in [4.69, 9.17) is 5.11 Å². The molecule has 0 heterocycles. The molecule has 4 heteroatoms. The van der Waals surface area contributed by atoms with Gasteiger partial charge in [0.2, 0.25) is 5.41 Å². The van der Waals surface area contributed by atoms with Gasteiger partial charge in [-0.25, -0.2) is 9.18 Å². The summed E-state index contributed by atoms with van der Waals surface area (Å²) in [6, 6.07) is 0. The summed E-state index contributed by atoms with van der Waals surface area (Å²) < 4.78 is 11.9. The second-order valence-electron chi connectivity index (χ2n) is 1.38. The zero-order chi connectivity index (χ0) is 6.08. The summed E-state index contributed by atoms with van der Waals surface area (Å²) >= 11 is 0. The monoisotopic (exact) mass is 124 g/mol. The van der Waals surface area contributed by atoms with E-state index >= 15 is 0 Å². The lowest BCUT2D eigenvalue weighted by Gasteiger charge is -2.03. The van der Waals surface area contributed by atoms with Crippen LogP contribution < -0.4 is 0 Å². The van der Waals surface area contributed by atoms with E-state index < -0.39 is 11.4 Å². The zero-order valence-electron chi connectivity index (χ0n) is 3.81. The molecule has 0 fully saturated rings. The Morgan fingerprint density at radius 2 is 2.14 bits per heavy atom. The lowest BCUT2D eigenvalue weighted by atomic mass is 10.4. The van der Waals surface area contributed by atoms with Gasteiger partial charge in [0, 0.05) is 0 Å². The van der Waals surface area contributed by atoms with Gasteiger partial charge in [-0.3, -0.25) is 0 Å². The molecule has 0 radical (unpaired) electrons. The van der Waals surface area contributed by atoms with Crippen molar-refractivity contribution < 1.29 is 14.3 Å². The third kappa shape index (κ3) is 2.52. The van der Waals surface area contributed by atoms with Crippen LogP contribution in [-0.4, -0.2) is 16.5 Å². The summed E-state index contributed by atoms with van der Waals surface area (Å²) in [5.41, 5.74) is 0. The van der Waals surface area contributed by atoms with Crippen molar-refractivity contribution in [2.45, 2.75) is 12.3 Å². The summed E-state index contributed by atoms with van der Waals surface area (Å²) in [6.07, 6.45) is 0. The number of hydrogen-bond acceptors (Lipinski definition) is 1. The quantitative estimate of drug-likeness (QED) is 0.520. The maximum atomic E-state index is 11.9. The van der Waals surface area contributed by atoms with Crippen LogP contribution in [0.25, 0.3) is 0 Å². The molecule has 0 aromatic heterocycles. The standard InChI is InChI=1S/C3H6FO2P/c1-3(4,7)2(5)6/h7H2,1H3,(H,5,6). The highest BCUT2D eigenvalue weighted by molar-refractivity contribution is 7.20. The van der Waals surface area contributed by atoms with Crippen LogP contribution in [0.15, 0.2) is 0 Å². The normalized spacial score (nSPS) is 18.1. The molecular weight excluding hydrogens is 118 g/mol. The van der Waals surface area contributed by atoms with Gasteiger partial charge in [0.05, 0.1) is 0 Å². The van der Waals surface area contributed by atoms with Gasteiger partial charge < -0.3 is 5.11 Å². The van der Waals surface area contributed by atoms with Crippen LogP contribution in [-0.2, 0) is 4.79 Å². The molecule has 0 aromatic carbocycles. The van der Waals surface area contributed by atoms with Crippen molar-refractivity contribution in [2.24, 2.45) is 0 Å². The number of alkyl halides is 1. The third-order valence-corrected chi connectivity index (χ3v) is 0.665. The molecular formula is C3H6FO2P. The molecule has 0 rings (SSSR count). The summed E-state index contributed by atoms with van der Waals surface area (Å²) in [5.74, 6) is -1.46. The molecule has 2 unspecified atom stereocenters. The fourth-order valence-corrected chi connectivity index (χ4v) is 0. The van der Waals surface area contributed by atoms with E-state index in [2.05, 4.69) is 0 Å². The lowest BCUT2D eigenvalue weighted by molar-refractivity contribution is -0.144. The van der Waals surface area contributed by atoms with Gasteiger partial charge in [0.25, 0.3) is 0 Å². The molecule has 0 saturated carbocycles. The van der Waals surface area contributed by atoms with Crippen molar-refractivity contribution in [2.75, 3.05) is 0 Å². The van der Waals surface area contributed by atoms with Crippen molar-refractivity contribution >= 4 is 15.2 Å². The molecule has 0 saturated heterocycles. The van der Waals surface area contributed by atoms with E-state index in [0.717, 1.165) is 6.92 Å². The van der Waals surface area contributed by atoms with Crippen molar-refractivity contribution in [1.82, 2.24) is 0 Å². The third-order valence-electron chi connectivity index (χ3n) is 0.418. The maximum Gasteiger partial charge on any atom is 0.344 e. The van der Waals surface area contributed by atoms with Crippen LogP contribution in [0.2, 0.25) is 0 Å². The summed E-state index contributed by atoms with van der Waals surface area (Å²) in [7, 11) is 1.56. The second kappa shape index (κ2) is 1.74. The highest BCUT2D eigenvalue weighted by Gasteiger charge is 2.25. The Morgan fingerprint density at radius 1 is 2.00 bits per heavy atom. The first-order valence-corrected chi connectivity index (χ1v) is 2.23. The van der Waals surface area contributed by atoms with Crippen molar-refractivity contribution in [3.05, 3.63) is 0 Å². The smallest absolute Gasteiger partial charge is 0.344 e. The van der Waals surface area contributed by atoms with Crippen LogP contribution in [0, 0.1) is 0 Å².